The molecule has 1 heterocycles. The largest absolute Gasteiger partial charge is 0.497 e. The van der Waals surface area contributed by atoms with E-state index in [1.165, 1.54) is 12.8 Å². The van der Waals surface area contributed by atoms with E-state index in [4.69, 9.17) is 9.84 Å². The minimum absolute atomic E-state index is 0.157. The highest BCUT2D eigenvalue weighted by atomic mass is 16.5. The summed E-state index contributed by atoms with van der Waals surface area (Å²) in [5.41, 5.74) is 1.99. The van der Waals surface area contributed by atoms with Crippen LogP contribution in [0.5, 0.6) is 5.75 Å². The van der Waals surface area contributed by atoms with Gasteiger partial charge in [0.1, 0.15) is 11.6 Å². The Bertz CT molecular complexity index is 659. The fraction of sp³-hybridized carbons (Fsp3) is 0.412. The average Bonchev–Trinajstić information content (AvgIpc) is 3.40. The lowest BCUT2D eigenvalue weighted by Gasteiger charge is -2.11. The summed E-state index contributed by atoms with van der Waals surface area (Å²) in [5, 5.41) is 15.4. The second kappa shape index (κ2) is 7.28. The highest BCUT2D eigenvalue weighted by Crippen LogP contribution is 2.40. The van der Waals surface area contributed by atoms with Gasteiger partial charge in [-0.2, -0.15) is 4.98 Å². The van der Waals surface area contributed by atoms with Gasteiger partial charge in [0.25, 0.3) is 0 Å². The standard InChI is InChI=1S/C17H22N4O2/c1-23-14-5-2-4-13(10-14)19-16-11-15(12-6-7-12)20-17(21-16)18-8-3-9-22/h2,4-5,10-12,22H,3,6-9H2,1H3,(H2,18,19,20,21). The lowest BCUT2D eigenvalue weighted by atomic mass is 10.2. The Morgan fingerprint density at radius 1 is 1.26 bits per heavy atom. The second-order valence-corrected chi connectivity index (χ2v) is 5.64. The molecule has 2 aromatic rings. The Kier molecular flexibility index (Phi) is 4.92. The van der Waals surface area contributed by atoms with Crippen LogP contribution in [0.1, 0.15) is 30.9 Å². The van der Waals surface area contributed by atoms with Gasteiger partial charge in [0, 0.05) is 36.9 Å². The number of hydrogen-bond donors (Lipinski definition) is 3. The maximum absolute atomic E-state index is 8.89. The number of methoxy groups -OCH3 is 1. The quantitative estimate of drug-likeness (QED) is 0.650. The SMILES string of the molecule is COc1cccc(Nc2cc(C3CC3)nc(NCCCO)n2)c1. The first-order valence-corrected chi connectivity index (χ1v) is 7.93. The van der Waals surface area contributed by atoms with E-state index >= 15 is 0 Å². The van der Waals surface area contributed by atoms with Gasteiger partial charge in [-0.25, -0.2) is 4.98 Å². The number of aliphatic hydroxyl groups excluding tert-OH is 1. The van der Waals surface area contributed by atoms with Gasteiger partial charge in [0.2, 0.25) is 5.95 Å². The highest BCUT2D eigenvalue weighted by Gasteiger charge is 2.26. The van der Waals surface area contributed by atoms with E-state index in [2.05, 4.69) is 20.6 Å². The van der Waals surface area contributed by atoms with Gasteiger partial charge >= 0.3 is 0 Å². The van der Waals surface area contributed by atoms with Crippen LogP contribution in [0.4, 0.5) is 17.5 Å². The van der Waals surface area contributed by atoms with E-state index in [1.54, 1.807) is 7.11 Å². The molecule has 3 N–H and O–H groups in total. The molecule has 0 unspecified atom stereocenters. The third kappa shape index (κ3) is 4.32. The first-order valence-electron chi connectivity index (χ1n) is 7.93. The van der Waals surface area contributed by atoms with E-state index in [0.717, 1.165) is 22.9 Å². The van der Waals surface area contributed by atoms with Crippen molar-refractivity contribution in [1.82, 2.24) is 9.97 Å². The molecule has 1 fully saturated rings. The van der Waals surface area contributed by atoms with Crippen LogP contribution in [0.25, 0.3) is 0 Å². The number of aromatic nitrogens is 2. The van der Waals surface area contributed by atoms with Gasteiger partial charge in [0.05, 0.1) is 12.8 Å². The Balaban J connectivity index is 1.79. The number of rotatable bonds is 8. The Morgan fingerprint density at radius 3 is 2.87 bits per heavy atom. The molecular weight excluding hydrogens is 292 g/mol. The molecule has 0 saturated heterocycles. The second-order valence-electron chi connectivity index (χ2n) is 5.64. The molecule has 1 saturated carbocycles. The first kappa shape index (κ1) is 15.6. The van der Waals surface area contributed by atoms with Gasteiger partial charge in [-0.05, 0) is 31.4 Å². The predicted octanol–water partition coefficient (Wildman–Crippen LogP) is 2.90. The number of nitrogens with zero attached hydrogens (tertiary/aromatic N) is 2. The zero-order valence-corrected chi connectivity index (χ0v) is 13.2. The molecule has 0 radical (unpaired) electrons. The maximum atomic E-state index is 8.89. The van der Waals surface area contributed by atoms with Crippen LogP contribution >= 0.6 is 0 Å². The van der Waals surface area contributed by atoms with E-state index < -0.39 is 0 Å². The monoisotopic (exact) mass is 314 g/mol. The van der Waals surface area contributed by atoms with Gasteiger partial charge in [-0.15, -0.1) is 0 Å². The number of aliphatic hydroxyl groups is 1. The molecule has 6 heteroatoms. The Labute approximate surface area is 135 Å². The molecular formula is C17H22N4O2. The number of hydrogen-bond acceptors (Lipinski definition) is 6. The normalized spacial score (nSPS) is 13.7. The molecule has 1 aliphatic carbocycles. The van der Waals surface area contributed by atoms with E-state index in [9.17, 15) is 0 Å². The van der Waals surface area contributed by atoms with Crippen LogP contribution in [0.3, 0.4) is 0 Å². The van der Waals surface area contributed by atoms with Crippen molar-refractivity contribution in [2.24, 2.45) is 0 Å². The van der Waals surface area contributed by atoms with Crippen molar-refractivity contribution in [3.05, 3.63) is 36.0 Å². The fourth-order valence-corrected chi connectivity index (χ4v) is 2.33. The smallest absolute Gasteiger partial charge is 0.224 e. The number of benzene rings is 1. The minimum atomic E-state index is 0.157. The van der Waals surface area contributed by atoms with E-state index in [-0.39, 0.29) is 6.61 Å². The summed E-state index contributed by atoms with van der Waals surface area (Å²) in [6.07, 6.45) is 3.05. The average molecular weight is 314 g/mol. The topological polar surface area (TPSA) is 79.3 Å². The molecule has 3 rings (SSSR count). The zero-order chi connectivity index (χ0) is 16.1. The molecule has 122 valence electrons. The Hall–Kier alpha value is -2.34. The van der Waals surface area contributed by atoms with Crippen LogP contribution in [0.2, 0.25) is 0 Å². The summed E-state index contributed by atoms with van der Waals surface area (Å²) in [6, 6.07) is 9.75. The van der Waals surface area contributed by atoms with E-state index in [1.807, 2.05) is 30.3 Å². The van der Waals surface area contributed by atoms with Gasteiger partial charge in [0.15, 0.2) is 0 Å². The lowest BCUT2D eigenvalue weighted by Crippen LogP contribution is -2.09. The fourth-order valence-electron chi connectivity index (χ4n) is 2.33. The van der Waals surface area contributed by atoms with Crippen LogP contribution in [-0.2, 0) is 0 Å². The molecule has 1 aromatic heterocycles. The van der Waals surface area contributed by atoms with Gasteiger partial charge in [-0.1, -0.05) is 6.07 Å². The zero-order valence-electron chi connectivity index (χ0n) is 13.2. The van der Waals surface area contributed by atoms with Crippen molar-refractivity contribution >= 4 is 17.5 Å². The highest BCUT2D eigenvalue weighted by molar-refractivity contribution is 5.59. The molecule has 0 spiro atoms. The number of nitrogens with one attached hydrogen (secondary N) is 2. The molecule has 1 aliphatic rings. The van der Waals surface area contributed by atoms with Crippen molar-refractivity contribution in [2.75, 3.05) is 30.9 Å². The number of anilines is 3. The minimum Gasteiger partial charge on any atom is -0.497 e. The van der Waals surface area contributed by atoms with Gasteiger partial charge in [-0.3, -0.25) is 0 Å². The van der Waals surface area contributed by atoms with Crippen LogP contribution in [0, 0.1) is 0 Å². The van der Waals surface area contributed by atoms with Crippen molar-refractivity contribution in [1.29, 1.82) is 0 Å². The number of ether oxygens (including phenoxy) is 1. The summed E-state index contributed by atoms with van der Waals surface area (Å²) in [5.74, 6) is 2.71. The van der Waals surface area contributed by atoms with Gasteiger partial charge < -0.3 is 20.5 Å². The first-order chi connectivity index (χ1) is 11.3. The summed E-state index contributed by atoms with van der Waals surface area (Å²) < 4.78 is 5.24. The van der Waals surface area contributed by atoms with E-state index in [0.29, 0.717) is 24.8 Å². The third-order valence-corrected chi connectivity index (χ3v) is 3.70. The predicted molar refractivity (Wildman–Crippen MR) is 90.5 cm³/mol. The van der Waals surface area contributed by atoms with Crippen molar-refractivity contribution in [3.63, 3.8) is 0 Å². The molecule has 0 atom stereocenters. The maximum Gasteiger partial charge on any atom is 0.224 e. The third-order valence-electron chi connectivity index (χ3n) is 3.70. The molecule has 0 bridgehead atoms. The van der Waals surface area contributed by atoms with Crippen molar-refractivity contribution in [2.45, 2.75) is 25.2 Å². The molecule has 0 aliphatic heterocycles. The molecule has 23 heavy (non-hydrogen) atoms. The lowest BCUT2D eigenvalue weighted by molar-refractivity contribution is 0.292. The molecule has 1 aromatic carbocycles. The summed E-state index contributed by atoms with van der Waals surface area (Å²) in [7, 11) is 1.65. The van der Waals surface area contributed by atoms with Crippen molar-refractivity contribution < 1.29 is 9.84 Å². The summed E-state index contributed by atoms with van der Waals surface area (Å²) in [6.45, 7) is 0.813. The summed E-state index contributed by atoms with van der Waals surface area (Å²) >= 11 is 0. The van der Waals surface area contributed by atoms with Crippen LogP contribution in [0.15, 0.2) is 30.3 Å². The van der Waals surface area contributed by atoms with Crippen molar-refractivity contribution in [3.8, 4) is 5.75 Å². The van der Waals surface area contributed by atoms with Crippen LogP contribution < -0.4 is 15.4 Å². The molecule has 6 nitrogen and oxygen atoms in total. The summed E-state index contributed by atoms with van der Waals surface area (Å²) in [4.78, 5) is 9.08. The Morgan fingerprint density at radius 2 is 2.13 bits per heavy atom. The van der Waals surface area contributed by atoms with Crippen LogP contribution in [-0.4, -0.2) is 35.3 Å². The molecule has 0 amide bonds.